The lowest BCUT2D eigenvalue weighted by molar-refractivity contribution is -0.0832. The Bertz CT molecular complexity index is 122. The van der Waals surface area contributed by atoms with Gasteiger partial charge in [0.2, 0.25) is 0 Å². The van der Waals surface area contributed by atoms with E-state index in [0.717, 1.165) is 0 Å². The second-order valence-corrected chi connectivity index (χ2v) is 3.84. The first-order valence-corrected chi connectivity index (χ1v) is 4.99. The fourth-order valence-electron chi connectivity index (χ4n) is 1.96. The molecule has 1 rings (SSSR count). The van der Waals surface area contributed by atoms with E-state index >= 15 is 0 Å². The molecule has 0 aromatic heterocycles. The summed E-state index contributed by atoms with van der Waals surface area (Å²) in [5.74, 6) is 0. The summed E-state index contributed by atoms with van der Waals surface area (Å²) in [5, 5.41) is 3.33. The van der Waals surface area contributed by atoms with Gasteiger partial charge >= 0.3 is 0 Å². The second kappa shape index (κ2) is 4.24. The molecular formula is C10H21NO. The van der Waals surface area contributed by atoms with Crippen LogP contribution in [0.5, 0.6) is 0 Å². The largest absolute Gasteiger partial charge is 0.378 e. The van der Waals surface area contributed by atoms with Gasteiger partial charge in [-0.15, -0.1) is 0 Å². The third-order valence-electron chi connectivity index (χ3n) is 3.22. The van der Waals surface area contributed by atoms with Gasteiger partial charge in [-0.3, -0.25) is 0 Å². The second-order valence-electron chi connectivity index (χ2n) is 3.84. The molecule has 0 aromatic carbocycles. The van der Waals surface area contributed by atoms with Crippen LogP contribution in [-0.4, -0.2) is 25.8 Å². The molecule has 0 aromatic rings. The van der Waals surface area contributed by atoms with Gasteiger partial charge in [0.25, 0.3) is 0 Å². The number of methoxy groups -OCH3 is 1. The van der Waals surface area contributed by atoms with Gasteiger partial charge in [-0.05, 0) is 39.2 Å². The Hall–Kier alpha value is -0.0800. The van der Waals surface area contributed by atoms with Crippen LogP contribution in [-0.2, 0) is 4.74 Å². The zero-order valence-electron chi connectivity index (χ0n) is 8.52. The van der Waals surface area contributed by atoms with Gasteiger partial charge < -0.3 is 10.1 Å². The van der Waals surface area contributed by atoms with Crippen molar-refractivity contribution >= 4 is 0 Å². The number of hydrogen-bond donors (Lipinski definition) is 1. The summed E-state index contributed by atoms with van der Waals surface area (Å²) < 4.78 is 5.57. The Morgan fingerprint density at radius 1 is 1.50 bits per heavy atom. The molecule has 1 aliphatic carbocycles. The Morgan fingerprint density at radius 2 is 2.17 bits per heavy atom. The van der Waals surface area contributed by atoms with E-state index in [-0.39, 0.29) is 5.60 Å². The number of rotatable bonds is 5. The third kappa shape index (κ3) is 1.99. The van der Waals surface area contributed by atoms with Crippen LogP contribution in [0, 0.1) is 0 Å². The van der Waals surface area contributed by atoms with Gasteiger partial charge in [-0.1, -0.05) is 6.92 Å². The van der Waals surface area contributed by atoms with E-state index in [9.17, 15) is 0 Å². The Balaban J connectivity index is 2.35. The van der Waals surface area contributed by atoms with E-state index in [0.29, 0.717) is 6.04 Å². The summed E-state index contributed by atoms with van der Waals surface area (Å²) in [4.78, 5) is 0. The minimum Gasteiger partial charge on any atom is -0.378 e. The highest BCUT2D eigenvalue weighted by atomic mass is 16.5. The maximum Gasteiger partial charge on any atom is 0.0693 e. The van der Waals surface area contributed by atoms with E-state index in [4.69, 9.17) is 4.74 Å². The van der Waals surface area contributed by atoms with E-state index < -0.39 is 0 Å². The summed E-state index contributed by atoms with van der Waals surface area (Å²) in [7, 11) is 3.89. The van der Waals surface area contributed by atoms with Crippen molar-refractivity contribution in [1.82, 2.24) is 5.32 Å². The molecule has 2 heteroatoms. The van der Waals surface area contributed by atoms with Gasteiger partial charge in [0.1, 0.15) is 0 Å². The van der Waals surface area contributed by atoms with Crippen molar-refractivity contribution in [3.05, 3.63) is 0 Å². The maximum atomic E-state index is 5.57. The van der Waals surface area contributed by atoms with E-state index in [1.807, 2.05) is 14.2 Å². The molecule has 0 bridgehead atoms. The van der Waals surface area contributed by atoms with Crippen LogP contribution in [0.3, 0.4) is 0 Å². The highest BCUT2D eigenvalue weighted by Crippen LogP contribution is 2.39. The zero-order valence-corrected chi connectivity index (χ0v) is 8.52. The highest BCUT2D eigenvalue weighted by molar-refractivity contribution is 4.92. The van der Waals surface area contributed by atoms with Crippen molar-refractivity contribution in [2.45, 2.75) is 50.7 Å². The average Bonchev–Trinajstić information content (AvgIpc) is 2.05. The van der Waals surface area contributed by atoms with Gasteiger partial charge in [-0.25, -0.2) is 0 Å². The SMILES string of the molecule is CCC(CC1(OC)CCC1)NC. The monoisotopic (exact) mass is 171 g/mol. The number of hydrogen-bond acceptors (Lipinski definition) is 2. The molecule has 1 aliphatic rings. The first kappa shape index (κ1) is 10.0. The summed E-state index contributed by atoms with van der Waals surface area (Å²) >= 11 is 0. The summed E-state index contributed by atoms with van der Waals surface area (Å²) in [5.41, 5.74) is 0.226. The van der Waals surface area contributed by atoms with Gasteiger partial charge in [-0.2, -0.15) is 0 Å². The standard InChI is InChI=1S/C10H21NO/c1-4-9(11-2)8-10(12-3)6-5-7-10/h9,11H,4-8H2,1-3H3. The minimum atomic E-state index is 0.226. The van der Waals surface area contributed by atoms with Crippen molar-refractivity contribution in [2.24, 2.45) is 0 Å². The summed E-state index contributed by atoms with van der Waals surface area (Å²) in [6.45, 7) is 2.23. The summed E-state index contributed by atoms with van der Waals surface area (Å²) in [6, 6.07) is 0.630. The quantitative estimate of drug-likeness (QED) is 0.682. The fourth-order valence-corrected chi connectivity index (χ4v) is 1.96. The molecule has 0 radical (unpaired) electrons. The molecule has 12 heavy (non-hydrogen) atoms. The lowest BCUT2D eigenvalue weighted by atomic mass is 9.75. The fraction of sp³-hybridized carbons (Fsp3) is 1.00. The molecule has 1 atom stereocenters. The maximum absolute atomic E-state index is 5.57. The molecule has 1 fully saturated rings. The number of nitrogens with one attached hydrogen (secondary N) is 1. The topological polar surface area (TPSA) is 21.3 Å². The van der Waals surface area contributed by atoms with E-state index in [1.54, 1.807) is 0 Å². The Labute approximate surface area is 75.7 Å². The molecule has 0 spiro atoms. The molecule has 0 amide bonds. The van der Waals surface area contributed by atoms with Crippen molar-refractivity contribution < 1.29 is 4.74 Å². The molecular weight excluding hydrogens is 150 g/mol. The molecule has 0 aliphatic heterocycles. The smallest absolute Gasteiger partial charge is 0.0693 e. The van der Waals surface area contributed by atoms with E-state index in [1.165, 1.54) is 32.1 Å². The molecule has 2 nitrogen and oxygen atoms in total. The zero-order chi connectivity index (χ0) is 9.03. The van der Waals surface area contributed by atoms with Crippen LogP contribution >= 0.6 is 0 Å². The predicted octanol–water partition coefficient (Wildman–Crippen LogP) is 1.94. The van der Waals surface area contributed by atoms with Gasteiger partial charge in [0.15, 0.2) is 0 Å². The Morgan fingerprint density at radius 3 is 2.42 bits per heavy atom. The molecule has 72 valence electrons. The molecule has 1 N–H and O–H groups in total. The average molecular weight is 171 g/mol. The van der Waals surface area contributed by atoms with E-state index in [2.05, 4.69) is 12.2 Å². The minimum absolute atomic E-state index is 0.226. The van der Waals surface area contributed by atoms with Crippen LogP contribution in [0.2, 0.25) is 0 Å². The summed E-state index contributed by atoms with van der Waals surface area (Å²) in [6.07, 6.45) is 6.22. The van der Waals surface area contributed by atoms with Crippen molar-refractivity contribution in [2.75, 3.05) is 14.2 Å². The van der Waals surface area contributed by atoms with Gasteiger partial charge in [0.05, 0.1) is 5.60 Å². The molecule has 1 unspecified atom stereocenters. The van der Waals surface area contributed by atoms with Crippen LogP contribution in [0.25, 0.3) is 0 Å². The van der Waals surface area contributed by atoms with Gasteiger partial charge in [0, 0.05) is 13.2 Å². The first-order valence-electron chi connectivity index (χ1n) is 4.99. The Kier molecular flexibility index (Phi) is 3.53. The van der Waals surface area contributed by atoms with Crippen LogP contribution in [0.15, 0.2) is 0 Å². The van der Waals surface area contributed by atoms with Crippen LogP contribution in [0.1, 0.15) is 39.0 Å². The molecule has 0 saturated heterocycles. The van der Waals surface area contributed by atoms with Crippen LogP contribution in [0.4, 0.5) is 0 Å². The molecule has 0 heterocycles. The normalized spacial score (nSPS) is 23.2. The lowest BCUT2D eigenvalue weighted by Gasteiger charge is -2.42. The first-order chi connectivity index (χ1) is 5.76. The lowest BCUT2D eigenvalue weighted by Crippen LogP contribution is -2.44. The highest BCUT2D eigenvalue weighted by Gasteiger charge is 2.38. The van der Waals surface area contributed by atoms with Crippen molar-refractivity contribution in [3.63, 3.8) is 0 Å². The predicted molar refractivity (Wildman–Crippen MR) is 51.3 cm³/mol. The van der Waals surface area contributed by atoms with Crippen LogP contribution < -0.4 is 5.32 Å². The number of ether oxygens (including phenoxy) is 1. The molecule has 1 saturated carbocycles. The third-order valence-corrected chi connectivity index (χ3v) is 3.22. The van der Waals surface area contributed by atoms with Crippen molar-refractivity contribution in [3.8, 4) is 0 Å². The van der Waals surface area contributed by atoms with Crippen molar-refractivity contribution in [1.29, 1.82) is 0 Å².